The average Bonchev–Trinajstić information content (AvgIpc) is 4.25. The molecule has 11 heteroatoms. The first kappa shape index (κ1) is 56.3. The van der Waals surface area contributed by atoms with Crippen molar-refractivity contribution in [2.45, 2.75) is 103 Å². The van der Waals surface area contributed by atoms with Crippen molar-refractivity contribution in [1.82, 2.24) is 9.53 Å². The van der Waals surface area contributed by atoms with Crippen LogP contribution >= 0.6 is 97.2 Å². The van der Waals surface area contributed by atoms with Crippen LogP contribution in [0.15, 0.2) is 189 Å². The molecule has 0 amide bonds. The minimum Gasteiger partial charge on any atom is -0.295 e. The third-order valence-corrected chi connectivity index (χ3v) is 30.2. The van der Waals surface area contributed by atoms with Gasteiger partial charge in [0.2, 0.25) is 0 Å². The lowest BCUT2D eigenvalue weighted by atomic mass is 10.0. The fraction of sp³-hybridized carbons (Fsp3) is 0.310. The Morgan fingerprint density at radius 1 is 0.493 bits per heavy atom. The highest BCUT2D eigenvalue weighted by Crippen LogP contribution is 2.76. The SMILES string of the molecule is C.C.CCCCN(P(c1ccsc1)c1ccsc1)P1[C@@H](c2ccccc2)CC[C@@H]1c1ccccc1.CCCCNP1[C@@H](c2ccccc2)CC[C@@H]1c1ccccc1.IP(c1ccsc1)c1ccsc1. The van der Waals surface area contributed by atoms with E-state index in [0.717, 1.165) is 6.54 Å². The van der Waals surface area contributed by atoms with E-state index in [1.807, 2.05) is 22.7 Å². The van der Waals surface area contributed by atoms with E-state index >= 15 is 0 Å². The molecule has 2 nitrogen and oxygen atoms in total. The highest BCUT2D eigenvalue weighted by Gasteiger charge is 2.44. The molecule has 2 fully saturated rings. The number of hydrogen-bond donors (Lipinski definition) is 1. The standard InChI is InChI=1S/C28H31NP2S2.C20H26NP.C8H6IPS2.2CH4/c1-2-3-18-29(30(25-16-19-32-21-25)26-17-20-33-22-26)31-27(23-10-6-4-7-11-23)14-15-28(31)24-12-8-5-9-13-24;1-2-3-16-21-22-19(17-10-6-4-7-11-17)14-15-20(22)18-12-8-5-9-13-18;9-10(7-1-3-11-5-7)8-2-4-12-6-8;;/h4-13,16-17,19-22,27-28H,2-3,14-15,18H2,1H3;4-13,19-21H,2-3,14-16H2,1H3;1-6H;2*1H4/t27-,28-;19-,20-;;;/m11.../s1. The van der Waals surface area contributed by atoms with Gasteiger partial charge in [-0.2, -0.15) is 45.3 Å². The number of rotatable bonds is 17. The van der Waals surface area contributed by atoms with Gasteiger partial charge < -0.3 is 0 Å². The second-order valence-corrected chi connectivity index (χ2v) is 31.8. The second kappa shape index (κ2) is 30.3. The minimum absolute atomic E-state index is 0. The summed E-state index contributed by atoms with van der Waals surface area (Å²) < 4.78 is 3.01. The van der Waals surface area contributed by atoms with Gasteiger partial charge >= 0.3 is 0 Å². The molecule has 0 unspecified atom stereocenters. The van der Waals surface area contributed by atoms with Gasteiger partial charge in [0.25, 0.3) is 0 Å². The van der Waals surface area contributed by atoms with Gasteiger partial charge in [0.05, 0.1) is 0 Å². The molecular weight excluding hydrogens is 1100 g/mol. The van der Waals surface area contributed by atoms with Crippen molar-refractivity contribution in [1.29, 1.82) is 0 Å². The summed E-state index contributed by atoms with van der Waals surface area (Å²) in [6.07, 6.45) is 10.2. The lowest BCUT2D eigenvalue weighted by molar-refractivity contribution is 0.632. The van der Waals surface area contributed by atoms with Crippen LogP contribution in [0.5, 0.6) is 0 Å². The molecule has 4 aromatic carbocycles. The predicted molar refractivity (Wildman–Crippen MR) is 331 cm³/mol. The van der Waals surface area contributed by atoms with Crippen LogP contribution < -0.4 is 26.3 Å². The second-order valence-electron chi connectivity index (χ2n) is 16.9. The summed E-state index contributed by atoms with van der Waals surface area (Å²) in [7, 11) is -1.08. The molecule has 10 rings (SSSR count). The zero-order chi connectivity index (χ0) is 46.0. The molecule has 4 aromatic heterocycles. The molecule has 8 aromatic rings. The summed E-state index contributed by atoms with van der Waals surface area (Å²) in [6.45, 7) is 6.95. The van der Waals surface area contributed by atoms with Gasteiger partial charge in [-0.1, -0.05) is 163 Å². The molecule has 69 heavy (non-hydrogen) atoms. The highest BCUT2D eigenvalue weighted by atomic mass is 127. The Hall–Kier alpha value is -1.95. The molecular formula is C58H71IN2P4S4. The first-order chi connectivity index (χ1) is 33.1. The van der Waals surface area contributed by atoms with Crippen molar-refractivity contribution < 1.29 is 0 Å². The zero-order valence-corrected chi connectivity index (χ0v) is 47.6. The van der Waals surface area contributed by atoms with Crippen LogP contribution in [-0.2, 0) is 0 Å². The maximum Gasteiger partial charge on any atom is 0.0335 e. The fourth-order valence-electron chi connectivity index (χ4n) is 9.21. The number of nitrogens with one attached hydrogen (secondary N) is 1. The molecule has 0 saturated carbocycles. The van der Waals surface area contributed by atoms with E-state index in [9.17, 15) is 0 Å². The third-order valence-electron chi connectivity index (χ3n) is 12.5. The van der Waals surface area contributed by atoms with Crippen LogP contribution in [0.2, 0.25) is 0 Å². The van der Waals surface area contributed by atoms with Crippen molar-refractivity contribution in [3.63, 3.8) is 0 Å². The van der Waals surface area contributed by atoms with Gasteiger partial charge in [-0.25, -0.2) is 0 Å². The highest BCUT2D eigenvalue weighted by molar-refractivity contribution is 14.2. The Bertz CT molecular complexity index is 2340. The van der Waals surface area contributed by atoms with Gasteiger partial charge in [-0.05, 0) is 173 Å². The molecule has 1 N–H and O–H groups in total. The van der Waals surface area contributed by atoms with Gasteiger partial charge in [0.1, 0.15) is 0 Å². The molecule has 6 heterocycles. The Balaban J connectivity index is 0.000000187. The molecule has 4 atom stereocenters. The van der Waals surface area contributed by atoms with Gasteiger partial charge in [-0.15, -0.1) is 0 Å². The number of halogens is 1. The quantitative estimate of drug-likeness (QED) is 0.0555. The van der Waals surface area contributed by atoms with E-state index in [1.54, 1.807) is 22.7 Å². The molecule has 0 spiro atoms. The van der Waals surface area contributed by atoms with Crippen molar-refractivity contribution in [3.05, 3.63) is 211 Å². The van der Waals surface area contributed by atoms with Gasteiger partial charge in [-0.3, -0.25) is 9.53 Å². The summed E-state index contributed by atoms with van der Waals surface area (Å²) in [5.41, 5.74) is 8.69. The maximum absolute atomic E-state index is 3.94. The summed E-state index contributed by atoms with van der Waals surface area (Å²) in [5.74, 6) is 0. The fourth-order valence-corrected chi connectivity index (χ4v) is 27.9. The van der Waals surface area contributed by atoms with E-state index in [1.165, 1.54) is 101 Å². The van der Waals surface area contributed by atoms with Crippen molar-refractivity contribution in [3.8, 4) is 0 Å². The van der Waals surface area contributed by atoms with Crippen LogP contribution in [0.1, 0.15) is 125 Å². The number of benzene rings is 4. The monoisotopic (exact) mass is 1170 g/mol. The summed E-state index contributed by atoms with van der Waals surface area (Å²) >= 11 is 9.79. The summed E-state index contributed by atoms with van der Waals surface area (Å²) in [4.78, 5) is 0. The van der Waals surface area contributed by atoms with Crippen LogP contribution in [0.4, 0.5) is 0 Å². The molecule has 0 bridgehead atoms. The maximum atomic E-state index is 3.94. The van der Waals surface area contributed by atoms with Crippen LogP contribution in [0, 0.1) is 0 Å². The van der Waals surface area contributed by atoms with E-state index < -0.39 is 8.07 Å². The largest absolute Gasteiger partial charge is 0.295 e. The van der Waals surface area contributed by atoms with E-state index in [-0.39, 0.29) is 36.6 Å². The number of thiophene rings is 4. The Morgan fingerprint density at radius 2 is 0.841 bits per heavy atom. The lowest BCUT2D eigenvalue weighted by Crippen LogP contribution is -2.26. The number of hydrogen-bond acceptors (Lipinski definition) is 6. The number of nitrogens with zero attached hydrogens (tertiary/aromatic N) is 1. The Kier molecular flexibility index (Phi) is 24.7. The van der Waals surface area contributed by atoms with Crippen molar-refractivity contribution in [2.24, 2.45) is 0 Å². The third kappa shape index (κ3) is 15.3. The molecule has 0 aliphatic carbocycles. The normalized spacial score (nSPS) is 18.0. The zero-order valence-electron chi connectivity index (χ0n) is 38.6. The van der Waals surface area contributed by atoms with Crippen molar-refractivity contribution in [2.75, 3.05) is 13.1 Å². The molecule has 2 aliphatic rings. The number of unbranched alkanes of at least 4 members (excludes halogenated alkanes) is 2. The van der Waals surface area contributed by atoms with Crippen LogP contribution in [-0.4, -0.2) is 17.5 Å². The lowest BCUT2D eigenvalue weighted by Gasteiger charge is -2.42. The van der Waals surface area contributed by atoms with E-state index in [2.05, 4.69) is 234 Å². The minimum atomic E-state index is -0.514. The van der Waals surface area contributed by atoms with Gasteiger partial charge in [0.15, 0.2) is 0 Å². The Morgan fingerprint density at radius 3 is 1.19 bits per heavy atom. The predicted octanol–water partition coefficient (Wildman–Crippen LogP) is 19.8. The smallest absolute Gasteiger partial charge is 0.0335 e. The molecule has 0 radical (unpaired) electrons. The Labute approximate surface area is 450 Å². The molecule has 2 saturated heterocycles. The average molecular weight is 1180 g/mol. The first-order valence-corrected chi connectivity index (χ1v) is 35.9. The summed E-state index contributed by atoms with van der Waals surface area (Å²) in [5, 5.41) is 28.1. The summed E-state index contributed by atoms with van der Waals surface area (Å²) in [6, 6.07) is 54.2. The van der Waals surface area contributed by atoms with Gasteiger partial charge in [0, 0.05) is 64.0 Å². The van der Waals surface area contributed by atoms with Crippen LogP contribution in [0.3, 0.4) is 0 Å². The first-order valence-electron chi connectivity index (χ1n) is 23.8. The van der Waals surface area contributed by atoms with E-state index in [4.69, 9.17) is 0 Å². The van der Waals surface area contributed by atoms with E-state index in [0.29, 0.717) is 22.6 Å². The molecule has 364 valence electrons. The van der Waals surface area contributed by atoms with Crippen molar-refractivity contribution >= 4 is 118 Å². The van der Waals surface area contributed by atoms with Crippen LogP contribution in [0.25, 0.3) is 0 Å². The topological polar surface area (TPSA) is 15.3 Å². The molecule has 2 aliphatic heterocycles.